The molecule has 8 heteroatoms. The number of nitrogens with zero attached hydrogens (tertiary/aromatic N) is 5. The van der Waals surface area contributed by atoms with E-state index >= 15 is 0 Å². The van der Waals surface area contributed by atoms with Gasteiger partial charge in [-0.2, -0.15) is 5.10 Å². The van der Waals surface area contributed by atoms with Crippen LogP contribution in [0.4, 0.5) is 0 Å². The molecule has 0 aromatic carbocycles. The summed E-state index contributed by atoms with van der Waals surface area (Å²) >= 11 is 1.65. The molecule has 1 aliphatic rings. The number of carbonyl (C=O) groups excluding carboxylic acids is 1. The third-order valence-corrected chi connectivity index (χ3v) is 5.94. The number of ether oxygens (including phenoxy) is 1. The van der Waals surface area contributed by atoms with Gasteiger partial charge in [-0.3, -0.25) is 14.4 Å². The van der Waals surface area contributed by atoms with Crippen molar-refractivity contribution in [2.24, 2.45) is 0 Å². The number of thiazole rings is 1. The van der Waals surface area contributed by atoms with E-state index in [1.54, 1.807) is 18.4 Å². The van der Waals surface area contributed by atoms with Crippen LogP contribution in [0.2, 0.25) is 0 Å². The van der Waals surface area contributed by atoms with Crippen LogP contribution in [-0.2, 0) is 11.3 Å². The normalized spacial score (nSPS) is 17.3. The predicted octanol–water partition coefficient (Wildman–Crippen LogP) is 2.98. The van der Waals surface area contributed by atoms with Crippen molar-refractivity contribution in [3.05, 3.63) is 34.0 Å². The van der Waals surface area contributed by atoms with Gasteiger partial charge in [-0.15, -0.1) is 11.3 Å². The molecule has 0 N–H and O–H groups in total. The van der Waals surface area contributed by atoms with E-state index in [9.17, 15) is 4.79 Å². The highest BCUT2D eigenvalue weighted by Crippen LogP contribution is 2.21. The second kappa shape index (κ2) is 8.95. The van der Waals surface area contributed by atoms with Crippen molar-refractivity contribution < 1.29 is 9.53 Å². The van der Waals surface area contributed by atoms with Gasteiger partial charge in [0.05, 0.1) is 5.69 Å². The van der Waals surface area contributed by atoms with Gasteiger partial charge in [0.25, 0.3) is 5.91 Å². The number of hydrogen-bond acceptors (Lipinski definition) is 6. The Kier molecular flexibility index (Phi) is 6.62. The van der Waals surface area contributed by atoms with Crippen LogP contribution < -0.4 is 0 Å². The molecule has 1 aliphatic heterocycles. The molecule has 1 atom stereocenters. The van der Waals surface area contributed by atoms with Crippen LogP contribution in [0.1, 0.15) is 60.5 Å². The van der Waals surface area contributed by atoms with Crippen LogP contribution in [0.3, 0.4) is 0 Å². The van der Waals surface area contributed by atoms with Gasteiger partial charge in [-0.1, -0.05) is 0 Å². The Morgan fingerprint density at radius 2 is 2.07 bits per heavy atom. The van der Waals surface area contributed by atoms with Crippen molar-refractivity contribution in [3.63, 3.8) is 0 Å². The van der Waals surface area contributed by atoms with Gasteiger partial charge in [-0.25, -0.2) is 4.98 Å². The number of aromatic nitrogens is 3. The Morgan fingerprint density at radius 3 is 2.78 bits per heavy atom. The maximum absolute atomic E-state index is 12.8. The maximum Gasteiger partial charge on any atom is 0.274 e. The fourth-order valence-corrected chi connectivity index (χ4v) is 3.99. The van der Waals surface area contributed by atoms with E-state index < -0.39 is 0 Å². The maximum atomic E-state index is 12.8. The summed E-state index contributed by atoms with van der Waals surface area (Å²) in [6, 6.07) is 2.08. The first-order chi connectivity index (χ1) is 13.0. The van der Waals surface area contributed by atoms with E-state index in [2.05, 4.69) is 34.2 Å². The van der Waals surface area contributed by atoms with Gasteiger partial charge >= 0.3 is 0 Å². The highest BCUT2D eigenvalue weighted by atomic mass is 32.1. The lowest BCUT2D eigenvalue weighted by atomic mass is 10.3. The first kappa shape index (κ1) is 20.0. The van der Waals surface area contributed by atoms with Gasteiger partial charge in [0.2, 0.25) is 0 Å². The lowest BCUT2D eigenvalue weighted by Crippen LogP contribution is -2.35. The van der Waals surface area contributed by atoms with Crippen molar-refractivity contribution >= 4 is 17.2 Å². The quantitative estimate of drug-likeness (QED) is 0.757. The van der Waals surface area contributed by atoms with E-state index in [-0.39, 0.29) is 18.1 Å². The van der Waals surface area contributed by atoms with Crippen LogP contribution in [0.15, 0.2) is 17.6 Å². The topological polar surface area (TPSA) is 63.5 Å². The molecule has 1 fully saturated rings. The molecule has 0 radical (unpaired) electrons. The zero-order chi connectivity index (χ0) is 19.4. The van der Waals surface area contributed by atoms with Crippen LogP contribution in [0.25, 0.3) is 0 Å². The average molecular weight is 392 g/mol. The van der Waals surface area contributed by atoms with Crippen LogP contribution in [-0.4, -0.2) is 63.8 Å². The third-order valence-electron chi connectivity index (χ3n) is 4.89. The predicted molar refractivity (Wildman–Crippen MR) is 106 cm³/mol. The summed E-state index contributed by atoms with van der Waals surface area (Å²) in [6.45, 7) is 10.3. The van der Waals surface area contributed by atoms with Crippen molar-refractivity contribution in [3.8, 4) is 0 Å². The van der Waals surface area contributed by atoms with Crippen LogP contribution >= 0.6 is 11.3 Å². The van der Waals surface area contributed by atoms with Gasteiger partial charge in [-0.05, 0) is 33.3 Å². The van der Waals surface area contributed by atoms with E-state index in [1.807, 2.05) is 28.8 Å². The number of rotatable bonds is 6. The zero-order valence-corrected chi connectivity index (χ0v) is 17.4. The standard InChI is InChI=1S/C19H29N5O2S/c1-14(2)24-9-6-17(21-24)19(25)23-8-5-7-22(10-11-23)12-16-13-27-18(20-16)15(3)26-4/h6,9,13-15H,5,7-8,10-12H2,1-4H3/t15-/m1/s1. The Hall–Kier alpha value is -1.77. The van der Waals surface area contributed by atoms with Crippen molar-refractivity contribution in [2.45, 2.75) is 45.9 Å². The Bertz CT molecular complexity index is 757. The van der Waals surface area contributed by atoms with E-state index in [0.29, 0.717) is 5.69 Å². The molecule has 0 saturated carbocycles. The monoisotopic (exact) mass is 391 g/mol. The molecule has 2 aromatic rings. The third kappa shape index (κ3) is 4.94. The summed E-state index contributed by atoms with van der Waals surface area (Å²) in [5, 5.41) is 7.54. The second-order valence-corrected chi connectivity index (χ2v) is 8.14. The van der Waals surface area contributed by atoms with Crippen molar-refractivity contribution in [1.29, 1.82) is 0 Å². The Balaban J connectivity index is 1.56. The summed E-state index contributed by atoms with van der Waals surface area (Å²) < 4.78 is 7.17. The summed E-state index contributed by atoms with van der Waals surface area (Å²) in [5.41, 5.74) is 1.61. The van der Waals surface area contributed by atoms with Gasteiger partial charge < -0.3 is 9.64 Å². The molecule has 2 aromatic heterocycles. The fraction of sp³-hybridized carbons (Fsp3) is 0.632. The van der Waals surface area contributed by atoms with Crippen LogP contribution in [0.5, 0.6) is 0 Å². The molecule has 3 heterocycles. The molecule has 3 rings (SSSR count). The van der Waals surface area contributed by atoms with E-state index in [4.69, 9.17) is 4.74 Å². The molecule has 1 saturated heterocycles. The number of hydrogen-bond donors (Lipinski definition) is 0. The van der Waals surface area contributed by atoms with Gasteiger partial charge in [0.1, 0.15) is 16.8 Å². The minimum atomic E-state index is 0.0288. The van der Waals surface area contributed by atoms with Crippen molar-refractivity contribution in [2.75, 3.05) is 33.3 Å². The molecule has 7 nitrogen and oxygen atoms in total. The zero-order valence-electron chi connectivity index (χ0n) is 16.6. The van der Waals surface area contributed by atoms with Crippen LogP contribution in [0, 0.1) is 0 Å². The van der Waals surface area contributed by atoms with E-state index in [1.165, 1.54) is 0 Å². The summed E-state index contributed by atoms with van der Waals surface area (Å²) in [7, 11) is 1.70. The summed E-state index contributed by atoms with van der Waals surface area (Å²) in [5.74, 6) is 0.0288. The first-order valence-corrected chi connectivity index (χ1v) is 10.4. The molecular formula is C19H29N5O2S. The molecule has 148 valence electrons. The molecule has 0 bridgehead atoms. The lowest BCUT2D eigenvalue weighted by molar-refractivity contribution is 0.0754. The molecule has 0 unspecified atom stereocenters. The molecule has 1 amide bonds. The van der Waals surface area contributed by atoms with Gasteiger partial charge in [0.15, 0.2) is 0 Å². The number of methoxy groups -OCH3 is 1. The molecule has 0 aliphatic carbocycles. The highest BCUT2D eigenvalue weighted by molar-refractivity contribution is 7.09. The van der Waals surface area contributed by atoms with Crippen molar-refractivity contribution in [1.82, 2.24) is 24.6 Å². The summed E-state index contributed by atoms with van der Waals surface area (Å²) in [4.78, 5) is 21.8. The fourth-order valence-electron chi connectivity index (χ4n) is 3.15. The molecule has 0 spiro atoms. The summed E-state index contributed by atoms with van der Waals surface area (Å²) in [6.07, 6.45) is 2.87. The second-order valence-electron chi connectivity index (χ2n) is 7.25. The minimum Gasteiger partial charge on any atom is -0.375 e. The number of amides is 1. The average Bonchev–Trinajstić information content (AvgIpc) is 3.27. The minimum absolute atomic E-state index is 0.0288. The van der Waals surface area contributed by atoms with Gasteiger partial charge in [0, 0.05) is 57.5 Å². The smallest absolute Gasteiger partial charge is 0.274 e. The first-order valence-electron chi connectivity index (χ1n) is 9.51. The Labute approximate surface area is 164 Å². The SMILES string of the molecule is CO[C@H](C)c1nc(CN2CCCN(C(=O)c3ccn(C(C)C)n3)CC2)cs1. The number of carbonyl (C=O) groups is 1. The largest absolute Gasteiger partial charge is 0.375 e. The lowest BCUT2D eigenvalue weighted by Gasteiger charge is -2.21. The molecule has 27 heavy (non-hydrogen) atoms. The highest BCUT2D eigenvalue weighted by Gasteiger charge is 2.23. The molecular weight excluding hydrogens is 362 g/mol. The van der Waals surface area contributed by atoms with E-state index in [0.717, 1.165) is 49.8 Å². The Morgan fingerprint density at radius 1 is 1.26 bits per heavy atom.